The molecule has 0 radical (unpaired) electrons. The molecule has 0 bridgehead atoms. The van der Waals surface area contributed by atoms with Gasteiger partial charge in [-0.1, -0.05) is 0 Å². The molecule has 7 heteroatoms. The maximum atomic E-state index is 11.7. The number of nitro groups is 1. The minimum absolute atomic E-state index is 0.0228. The number of nitrogens with zero attached hydrogens (tertiary/aromatic N) is 2. The zero-order chi connectivity index (χ0) is 16.4. The Bertz CT molecular complexity index is 754. The predicted molar refractivity (Wildman–Crippen MR) is 83.5 cm³/mol. The number of benzene rings is 1. The van der Waals surface area contributed by atoms with Gasteiger partial charge in [-0.15, -0.1) is 0 Å². The summed E-state index contributed by atoms with van der Waals surface area (Å²) in [5.41, 5.74) is 1.10. The number of nitrogens with one attached hydrogen (secondary N) is 1. The van der Waals surface area contributed by atoms with Crippen molar-refractivity contribution in [2.75, 3.05) is 5.32 Å². The summed E-state index contributed by atoms with van der Waals surface area (Å²) in [7, 11) is 0. The molecule has 1 fully saturated rings. The zero-order valence-corrected chi connectivity index (χ0v) is 12.5. The fourth-order valence-corrected chi connectivity index (χ4v) is 2.05. The van der Waals surface area contributed by atoms with E-state index in [2.05, 4.69) is 10.3 Å². The van der Waals surface area contributed by atoms with E-state index in [-0.39, 0.29) is 23.4 Å². The molecule has 1 N–H and O–H groups in total. The smallest absolute Gasteiger partial charge is 0.331 e. The largest absolute Gasteiger partial charge is 0.434 e. The molecule has 0 spiro atoms. The fourth-order valence-electron chi connectivity index (χ4n) is 2.05. The molecule has 1 heterocycles. The average Bonchev–Trinajstić information content (AvgIpc) is 3.34. The molecule has 23 heavy (non-hydrogen) atoms. The molecule has 0 saturated heterocycles. The molecule has 7 nitrogen and oxygen atoms in total. The minimum Gasteiger partial charge on any atom is -0.434 e. The van der Waals surface area contributed by atoms with Crippen molar-refractivity contribution in [1.29, 1.82) is 0 Å². The lowest BCUT2D eigenvalue weighted by Gasteiger charge is -2.08. The van der Waals surface area contributed by atoms with Gasteiger partial charge in [0.2, 0.25) is 5.91 Å². The highest BCUT2D eigenvalue weighted by Gasteiger charge is 2.29. The van der Waals surface area contributed by atoms with E-state index in [4.69, 9.17) is 4.74 Å². The first kappa shape index (κ1) is 15.0. The quantitative estimate of drug-likeness (QED) is 0.674. The molecule has 1 aliphatic rings. The van der Waals surface area contributed by atoms with Crippen LogP contribution in [0.3, 0.4) is 0 Å². The molecule has 3 rings (SSSR count). The molecular weight excluding hydrogens is 298 g/mol. The van der Waals surface area contributed by atoms with Crippen molar-refractivity contribution in [3.63, 3.8) is 0 Å². The molecule has 1 aromatic carbocycles. The van der Waals surface area contributed by atoms with Gasteiger partial charge in [-0.05, 0) is 50.1 Å². The standard InChI is InChI=1S/C16H15N3O4/c1-10-2-9-14(19(21)22)16(17-10)23-13-7-5-12(6-8-13)18-15(20)11-3-4-11/h2,5-9,11H,3-4H2,1H3,(H,18,20). The van der Waals surface area contributed by atoms with Crippen LogP contribution in [0.1, 0.15) is 18.5 Å². The number of pyridine rings is 1. The van der Waals surface area contributed by atoms with Crippen molar-refractivity contribution in [3.05, 3.63) is 52.2 Å². The van der Waals surface area contributed by atoms with Gasteiger partial charge in [0.15, 0.2) is 0 Å². The molecule has 0 unspecified atom stereocenters. The Kier molecular flexibility index (Phi) is 3.92. The van der Waals surface area contributed by atoms with E-state index < -0.39 is 4.92 Å². The Labute approximate surface area is 132 Å². The van der Waals surface area contributed by atoms with Crippen molar-refractivity contribution in [1.82, 2.24) is 4.98 Å². The molecule has 0 atom stereocenters. The monoisotopic (exact) mass is 313 g/mol. The summed E-state index contributed by atoms with van der Waals surface area (Å²) in [4.78, 5) is 26.2. The van der Waals surface area contributed by atoms with Crippen LogP contribution >= 0.6 is 0 Å². The second kappa shape index (κ2) is 6.04. The third-order valence-corrected chi connectivity index (χ3v) is 3.46. The van der Waals surface area contributed by atoms with Gasteiger partial charge in [-0.3, -0.25) is 14.9 Å². The van der Waals surface area contributed by atoms with Gasteiger partial charge in [0.05, 0.1) is 4.92 Å². The van der Waals surface area contributed by atoms with Crippen LogP contribution in [0, 0.1) is 23.0 Å². The maximum Gasteiger partial charge on any atom is 0.331 e. The first-order valence-electron chi connectivity index (χ1n) is 7.24. The van der Waals surface area contributed by atoms with Crippen molar-refractivity contribution >= 4 is 17.3 Å². The SMILES string of the molecule is Cc1ccc([N+](=O)[O-])c(Oc2ccc(NC(=O)C3CC3)cc2)n1. The van der Waals surface area contributed by atoms with Crippen molar-refractivity contribution < 1.29 is 14.5 Å². The molecule has 0 aliphatic heterocycles. The lowest BCUT2D eigenvalue weighted by molar-refractivity contribution is -0.386. The molecular formula is C16H15N3O4. The summed E-state index contributed by atoms with van der Waals surface area (Å²) in [6, 6.07) is 9.57. The number of carbonyl (C=O) groups is 1. The van der Waals surface area contributed by atoms with Crippen LogP contribution < -0.4 is 10.1 Å². The molecule has 1 aliphatic carbocycles. The number of carbonyl (C=O) groups excluding carboxylic acids is 1. The Morgan fingerprint density at radius 1 is 1.26 bits per heavy atom. The van der Waals surface area contributed by atoms with Crippen LogP contribution in [0.4, 0.5) is 11.4 Å². The summed E-state index contributed by atoms with van der Waals surface area (Å²) in [5.74, 6) is 0.514. The van der Waals surface area contributed by atoms with Gasteiger partial charge >= 0.3 is 5.69 Å². The Morgan fingerprint density at radius 2 is 1.96 bits per heavy atom. The lowest BCUT2D eigenvalue weighted by Crippen LogP contribution is -2.12. The first-order valence-corrected chi connectivity index (χ1v) is 7.24. The van der Waals surface area contributed by atoms with Crippen LogP contribution in [-0.4, -0.2) is 15.8 Å². The summed E-state index contributed by atoms with van der Waals surface area (Å²) < 4.78 is 5.51. The molecule has 1 saturated carbocycles. The van der Waals surface area contributed by atoms with Gasteiger partial charge in [-0.25, -0.2) is 4.98 Å². The highest BCUT2D eigenvalue weighted by molar-refractivity contribution is 5.94. The average molecular weight is 313 g/mol. The number of hydrogen-bond acceptors (Lipinski definition) is 5. The van der Waals surface area contributed by atoms with E-state index >= 15 is 0 Å². The zero-order valence-electron chi connectivity index (χ0n) is 12.5. The van der Waals surface area contributed by atoms with Crippen LogP contribution in [0.2, 0.25) is 0 Å². The summed E-state index contributed by atoms with van der Waals surface area (Å²) >= 11 is 0. The van der Waals surface area contributed by atoms with Crippen LogP contribution in [0.15, 0.2) is 36.4 Å². The molecule has 1 aromatic heterocycles. The highest BCUT2D eigenvalue weighted by atomic mass is 16.6. The minimum atomic E-state index is -0.536. The number of aryl methyl sites for hydroxylation is 1. The fraction of sp³-hybridized carbons (Fsp3) is 0.250. The van der Waals surface area contributed by atoms with Crippen LogP contribution in [0.25, 0.3) is 0 Å². The summed E-state index contributed by atoms with van der Waals surface area (Å²) in [5, 5.41) is 13.8. The van der Waals surface area contributed by atoms with E-state index in [0.717, 1.165) is 12.8 Å². The van der Waals surface area contributed by atoms with Crippen molar-refractivity contribution in [2.45, 2.75) is 19.8 Å². The number of rotatable bonds is 5. The summed E-state index contributed by atoms with van der Waals surface area (Å²) in [6.45, 7) is 1.73. The molecule has 1 amide bonds. The highest BCUT2D eigenvalue weighted by Crippen LogP contribution is 2.32. The predicted octanol–water partition coefficient (Wildman–Crippen LogP) is 3.44. The maximum absolute atomic E-state index is 11.7. The van der Waals surface area contributed by atoms with E-state index in [1.807, 2.05) is 0 Å². The molecule has 2 aromatic rings. The Hall–Kier alpha value is -2.96. The van der Waals surface area contributed by atoms with Gasteiger partial charge in [0.1, 0.15) is 5.75 Å². The number of hydrogen-bond donors (Lipinski definition) is 1. The number of ether oxygens (including phenoxy) is 1. The van der Waals surface area contributed by atoms with Gasteiger partial charge in [0, 0.05) is 23.4 Å². The molecule has 118 valence electrons. The number of anilines is 1. The van der Waals surface area contributed by atoms with E-state index in [1.54, 1.807) is 37.3 Å². The third kappa shape index (κ3) is 3.63. The normalized spacial score (nSPS) is 13.4. The van der Waals surface area contributed by atoms with Crippen molar-refractivity contribution in [2.24, 2.45) is 5.92 Å². The van der Waals surface area contributed by atoms with E-state index in [0.29, 0.717) is 17.1 Å². The van der Waals surface area contributed by atoms with Crippen LogP contribution in [0.5, 0.6) is 11.6 Å². The number of amides is 1. The summed E-state index contributed by atoms with van der Waals surface area (Å²) in [6.07, 6.45) is 1.88. The van der Waals surface area contributed by atoms with E-state index in [9.17, 15) is 14.9 Å². The second-order valence-electron chi connectivity index (χ2n) is 5.42. The Balaban J connectivity index is 1.74. The van der Waals surface area contributed by atoms with E-state index in [1.165, 1.54) is 6.07 Å². The Morgan fingerprint density at radius 3 is 2.57 bits per heavy atom. The third-order valence-electron chi connectivity index (χ3n) is 3.46. The van der Waals surface area contributed by atoms with Gasteiger partial charge in [-0.2, -0.15) is 0 Å². The lowest BCUT2D eigenvalue weighted by atomic mass is 10.3. The second-order valence-corrected chi connectivity index (χ2v) is 5.42. The topological polar surface area (TPSA) is 94.4 Å². The van der Waals surface area contributed by atoms with Gasteiger partial charge < -0.3 is 10.1 Å². The van der Waals surface area contributed by atoms with Crippen molar-refractivity contribution in [3.8, 4) is 11.6 Å². The number of aromatic nitrogens is 1. The first-order chi connectivity index (χ1) is 11.0. The van der Waals surface area contributed by atoms with Crippen LogP contribution in [-0.2, 0) is 4.79 Å². The van der Waals surface area contributed by atoms with Gasteiger partial charge in [0.25, 0.3) is 5.88 Å².